The lowest BCUT2D eigenvalue weighted by atomic mass is 9.80. The van der Waals surface area contributed by atoms with Crippen LogP contribution in [0.2, 0.25) is 0 Å². The van der Waals surface area contributed by atoms with Gasteiger partial charge in [0, 0.05) is 6.61 Å². The van der Waals surface area contributed by atoms with Crippen molar-refractivity contribution in [1.82, 2.24) is 0 Å². The first kappa shape index (κ1) is 11.4. The third kappa shape index (κ3) is 3.18. The van der Waals surface area contributed by atoms with Crippen molar-refractivity contribution in [3.8, 4) is 0 Å². The highest BCUT2D eigenvalue weighted by molar-refractivity contribution is 4.76. The first-order valence-corrected chi connectivity index (χ1v) is 6.49. The Hall–Kier alpha value is -0.0800. The largest absolute Gasteiger partial charge is 0.379 e. The second-order valence-corrected chi connectivity index (χ2v) is 5.40. The summed E-state index contributed by atoms with van der Waals surface area (Å²) in [7, 11) is 0. The minimum atomic E-state index is 0.394. The molecule has 2 heteroatoms. The minimum Gasteiger partial charge on any atom is -0.379 e. The number of hydrogen-bond donors (Lipinski definition) is 0. The van der Waals surface area contributed by atoms with Gasteiger partial charge in [0.2, 0.25) is 0 Å². The van der Waals surface area contributed by atoms with Crippen molar-refractivity contribution in [1.29, 1.82) is 0 Å². The van der Waals surface area contributed by atoms with Gasteiger partial charge in [0.25, 0.3) is 0 Å². The van der Waals surface area contributed by atoms with E-state index in [1.54, 1.807) is 0 Å². The minimum absolute atomic E-state index is 0.394. The smallest absolute Gasteiger partial charge is 0.0834 e. The molecule has 1 heterocycles. The molecule has 0 N–H and O–H groups in total. The molecule has 0 amide bonds. The molecule has 0 aromatic carbocycles. The van der Waals surface area contributed by atoms with E-state index in [0.29, 0.717) is 12.2 Å². The van der Waals surface area contributed by atoms with Gasteiger partial charge in [0.15, 0.2) is 0 Å². The summed E-state index contributed by atoms with van der Waals surface area (Å²) in [6, 6.07) is 0. The van der Waals surface area contributed by atoms with E-state index in [4.69, 9.17) is 9.47 Å². The summed E-state index contributed by atoms with van der Waals surface area (Å²) in [5.74, 6) is 1.78. The third-order valence-corrected chi connectivity index (χ3v) is 3.93. The topological polar surface area (TPSA) is 18.5 Å². The van der Waals surface area contributed by atoms with Gasteiger partial charge in [-0.05, 0) is 43.9 Å². The van der Waals surface area contributed by atoms with Crippen LogP contribution in [-0.2, 0) is 9.47 Å². The Morgan fingerprint density at radius 2 is 1.73 bits per heavy atom. The highest BCUT2D eigenvalue weighted by Gasteiger charge is 2.27. The van der Waals surface area contributed by atoms with Crippen LogP contribution in [-0.4, -0.2) is 25.4 Å². The van der Waals surface area contributed by atoms with E-state index in [9.17, 15) is 0 Å². The Morgan fingerprint density at radius 3 is 2.27 bits per heavy atom. The molecule has 15 heavy (non-hydrogen) atoms. The van der Waals surface area contributed by atoms with Crippen molar-refractivity contribution in [2.45, 2.75) is 58.2 Å². The fourth-order valence-corrected chi connectivity index (χ4v) is 2.78. The highest BCUT2D eigenvalue weighted by Crippen LogP contribution is 2.32. The van der Waals surface area contributed by atoms with E-state index in [1.165, 1.54) is 25.7 Å². The van der Waals surface area contributed by atoms with Crippen LogP contribution in [0.5, 0.6) is 0 Å². The molecule has 0 bridgehead atoms. The van der Waals surface area contributed by atoms with Crippen LogP contribution in [0.1, 0.15) is 46.0 Å². The van der Waals surface area contributed by atoms with Gasteiger partial charge in [0.05, 0.1) is 18.8 Å². The lowest BCUT2D eigenvalue weighted by molar-refractivity contribution is -0.0410. The van der Waals surface area contributed by atoms with Crippen molar-refractivity contribution in [3.63, 3.8) is 0 Å². The molecule has 1 aliphatic carbocycles. The van der Waals surface area contributed by atoms with E-state index < -0.39 is 0 Å². The lowest BCUT2D eigenvalue weighted by Crippen LogP contribution is -2.28. The molecule has 0 aromatic heterocycles. The predicted octanol–water partition coefficient (Wildman–Crippen LogP) is 3.01. The average Bonchev–Trinajstić information content (AvgIpc) is 2.71. The zero-order chi connectivity index (χ0) is 10.7. The molecule has 0 aromatic rings. The van der Waals surface area contributed by atoms with Crippen molar-refractivity contribution in [2.75, 3.05) is 13.2 Å². The summed E-state index contributed by atoms with van der Waals surface area (Å²) in [5.41, 5.74) is 0. The van der Waals surface area contributed by atoms with Crippen molar-refractivity contribution in [3.05, 3.63) is 0 Å². The molecule has 1 atom stereocenters. The Balaban J connectivity index is 1.68. The fraction of sp³-hybridized carbons (Fsp3) is 1.00. The van der Waals surface area contributed by atoms with E-state index >= 15 is 0 Å². The summed E-state index contributed by atoms with van der Waals surface area (Å²) in [6.07, 6.45) is 7.26. The summed E-state index contributed by atoms with van der Waals surface area (Å²) in [5, 5.41) is 0. The van der Waals surface area contributed by atoms with Gasteiger partial charge in [-0.25, -0.2) is 0 Å². The highest BCUT2D eigenvalue weighted by atomic mass is 16.5. The second-order valence-electron chi connectivity index (χ2n) is 5.40. The molecule has 2 aliphatic rings. The van der Waals surface area contributed by atoms with E-state index in [2.05, 4.69) is 13.8 Å². The van der Waals surface area contributed by atoms with Crippen LogP contribution in [0.3, 0.4) is 0 Å². The predicted molar refractivity (Wildman–Crippen MR) is 60.9 cm³/mol. The maximum atomic E-state index is 6.06. The van der Waals surface area contributed by atoms with Gasteiger partial charge < -0.3 is 9.47 Å². The molecule has 2 nitrogen and oxygen atoms in total. The van der Waals surface area contributed by atoms with Crippen LogP contribution in [0.4, 0.5) is 0 Å². The molecule has 1 aliphatic heterocycles. The summed E-state index contributed by atoms with van der Waals surface area (Å²) < 4.78 is 11.4. The van der Waals surface area contributed by atoms with Gasteiger partial charge in [-0.2, -0.15) is 0 Å². The maximum Gasteiger partial charge on any atom is 0.0834 e. The van der Waals surface area contributed by atoms with Crippen molar-refractivity contribution < 1.29 is 9.47 Å². The van der Waals surface area contributed by atoms with Crippen LogP contribution in [0, 0.1) is 11.8 Å². The Labute approximate surface area is 93.3 Å². The standard InChI is InChI=1S/C13H24O2/c1-10(2)11-3-5-12(6-4-11)15-13-7-8-14-9-13/h10-13H,3-9H2,1-2H3. The fourth-order valence-electron chi connectivity index (χ4n) is 2.78. The zero-order valence-electron chi connectivity index (χ0n) is 10.1. The molecular formula is C13H24O2. The van der Waals surface area contributed by atoms with Crippen LogP contribution >= 0.6 is 0 Å². The van der Waals surface area contributed by atoms with Gasteiger partial charge in [-0.15, -0.1) is 0 Å². The summed E-state index contributed by atoms with van der Waals surface area (Å²) in [4.78, 5) is 0. The molecule has 1 unspecified atom stereocenters. The average molecular weight is 212 g/mol. The molecule has 1 saturated heterocycles. The van der Waals surface area contributed by atoms with Gasteiger partial charge >= 0.3 is 0 Å². The number of hydrogen-bond acceptors (Lipinski definition) is 2. The first-order chi connectivity index (χ1) is 7.25. The molecule has 88 valence electrons. The molecule has 0 radical (unpaired) electrons. The molecule has 2 rings (SSSR count). The van der Waals surface area contributed by atoms with Gasteiger partial charge in [-0.1, -0.05) is 13.8 Å². The second kappa shape index (κ2) is 5.31. The van der Waals surface area contributed by atoms with Gasteiger partial charge in [-0.3, -0.25) is 0 Å². The summed E-state index contributed by atoms with van der Waals surface area (Å²) >= 11 is 0. The van der Waals surface area contributed by atoms with E-state index in [0.717, 1.165) is 31.5 Å². The van der Waals surface area contributed by atoms with E-state index in [-0.39, 0.29) is 0 Å². The van der Waals surface area contributed by atoms with E-state index in [1.807, 2.05) is 0 Å². The van der Waals surface area contributed by atoms with Crippen LogP contribution in [0.15, 0.2) is 0 Å². The van der Waals surface area contributed by atoms with Gasteiger partial charge in [0.1, 0.15) is 0 Å². The number of ether oxygens (including phenoxy) is 2. The lowest BCUT2D eigenvalue weighted by Gasteiger charge is -2.32. The Kier molecular flexibility index (Phi) is 4.04. The van der Waals surface area contributed by atoms with Crippen LogP contribution in [0.25, 0.3) is 0 Å². The first-order valence-electron chi connectivity index (χ1n) is 6.49. The maximum absolute atomic E-state index is 6.06. The Bertz CT molecular complexity index is 177. The van der Waals surface area contributed by atoms with Crippen molar-refractivity contribution >= 4 is 0 Å². The monoisotopic (exact) mass is 212 g/mol. The zero-order valence-corrected chi connectivity index (χ0v) is 10.1. The quantitative estimate of drug-likeness (QED) is 0.716. The molecule has 0 spiro atoms. The van der Waals surface area contributed by atoms with Crippen molar-refractivity contribution in [2.24, 2.45) is 11.8 Å². The summed E-state index contributed by atoms with van der Waals surface area (Å²) in [6.45, 7) is 6.41. The molecule has 1 saturated carbocycles. The third-order valence-electron chi connectivity index (χ3n) is 3.93. The normalized spacial score (nSPS) is 37.4. The molecular weight excluding hydrogens is 188 g/mol. The Morgan fingerprint density at radius 1 is 1.00 bits per heavy atom. The SMILES string of the molecule is CC(C)C1CCC(OC2CCOC2)CC1. The van der Waals surface area contributed by atoms with Crippen LogP contribution < -0.4 is 0 Å². The molecule has 2 fully saturated rings. The number of rotatable bonds is 3.